The molecule has 4 rings (SSSR count). The number of carbonyl (C=O) groups is 1. The van der Waals surface area contributed by atoms with Crippen molar-refractivity contribution >= 4 is 34.0 Å². The van der Waals surface area contributed by atoms with Crippen LogP contribution in [-0.4, -0.2) is 26.9 Å². The molecule has 2 heterocycles. The van der Waals surface area contributed by atoms with Crippen LogP contribution in [0.25, 0.3) is 0 Å². The number of aromatic nitrogens is 3. The minimum Gasteiger partial charge on any atom is -0.378 e. The van der Waals surface area contributed by atoms with Crippen molar-refractivity contribution in [3.63, 3.8) is 0 Å². The third-order valence-corrected chi connectivity index (χ3v) is 5.07. The molecular weight excluding hydrogens is 379 g/mol. The minimum absolute atomic E-state index is 0.173. The molecule has 0 spiro atoms. The maximum absolute atomic E-state index is 14.1. The number of halogens is 1. The van der Waals surface area contributed by atoms with E-state index in [0.717, 1.165) is 23.4 Å². The van der Waals surface area contributed by atoms with E-state index in [1.807, 2.05) is 13.0 Å². The number of nitrogens with zero attached hydrogens (tertiary/aromatic N) is 3. The molecule has 0 aliphatic heterocycles. The Morgan fingerprint density at radius 3 is 2.93 bits per heavy atom. The predicted molar refractivity (Wildman–Crippen MR) is 106 cm³/mol. The Labute approximate surface area is 165 Å². The molecule has 9 heteroatoms. The van der Waals surface area contributed by atoms with E-state index < -0.39 is 5.82 Å². The Bertz CT molecular complexity index is 1000. The van der Waals surface area contributed by atoms with Crippen LogP contribution in [0, 0.1) is 12.7 Å². The molecule has 1 saturated carbocycles. The van der Waals surface area contributed by atoms with Crippen molar-refractivity contribution in [1.29, 1.82) is 0 Å². The number of benzene rings is 1. The van der Waals surface area contributed by atoms with Crippen LogP contribution in [0.1, 0.15) is 33.8 Å². The van der Waals surface area contributed by atoms with Gasteiger partial charge >= 0.3 is 0 Å². The van der Waals surface area contributed by atoms with Crippen molar-refractivity contribution in [3.05, 3.63) is 58.6 Å². The first kappa shape index (κ1) is 18.3. The van der Waals surface area contributed by atoms with Crippen LogP contribution in [0.2, 0.25) is 0 Å². The summed E-state index contributed by atoms with van der Waals surface area (Å²) in [6, 6.07) is 6.41. The number of aryl methyl sites for hydroxylation is 1. The number of hydrogen-bond donors (Lipinski definition) is 3. The van der Waals surface area contributed by atoms with Crippen molar-refractivity contribution < 1.29 is 9.18 Å². The van der Waals surface area contributed by atoms with Gasteiger partial charge in [0.05, 0.1) is 12.2 Å². The van der Waals surface area contributed by atoms with E-state index in [4.69, 9.17) is 0 Å². The normalized spacial score (nSPS) is 13.2. The van der Waals surface area contributed by atoms with Crippen LogP contribution in [0.3, 0.4) is 0 Å². The summed E-state index contributed by atoms with van der Waals surface area (Å²) in [5.74, 6) is -0.0961. The first-order valence-electron chi connectivity index (χ1n) is 8.92. The zero-order valence-electron chi connectivity index (χ0n) is 15.2. The van der Waals surface area contributed by atoms with E-state index in [0.29, 0.717) is 23.2 Å². The van der Waals surface area contributed by atoms with Crippen LogP contribution in [0.15, 0.2) is 36.7 Å². The molecule has 0 saturated heterocycles. The molecule has 0 bridgehead atoms. The topological polar surface area (TPSA) is 91.8 Å². The molecule has 1 amide bonds. The fraction of sp³-hybridized carbons (Fsp3) is 0.263. The van der Waals surface area contributed by atoms with E-state index >= 15 is 0 Å². The average molecular weight is 398 g/mol. The van der Waals surface area contributed by atoms with Crippen LogP contribution in [0.5, 0.6) is 0 Å². The Balaban J connectivity index is 1.39. The van der Waals surface area contributed by atoms with Crippen LogP contribution >= 0.6 is 11.3 Å². The molecule has 0 radical (unpaired) electrons. The highest BCUT2D eigenvalue weighted by Crippen LogP contribution is 2.24. The molecule has 1 aliphatic rings. The van der Waals surface area contributed by atoms with Gasteiger partial charge in [-0.2, -0.15) is 0 Å². The molecule has 0 unspecified atom stereocenters. The quantitative estimate of drug-likeness (QED) is 0.563. The number of nitrogens with one attached hydrogen (secondary N) is 3. The van der Waals surface area contributed by atoms with E-state index in [9.17, 15) is 9.18 Å². The monoisotopic (exact) mass is 398 g/mol. The van der Waals surface area contributed by atoms with Crippen molar-refractivity contribution in [3.8, 4) is 0 Å². The largest absolute Gasteiger partial charge is 0.378 e. The lowest BCUT2D eigenvalue weighted by Crippen LogP contribution is -2.25. The fourth-order valence-electron chi connectivity index (χ4n) is 2.53. The second-order valence-electron chi connectivity index (χ2n) is 6.57. The van der Waals surface area contributed by atoms with Gasteiger partial charge in [0, 0.05) is 34.6 Å². The molecular formula is C19H19FN6OS. The lowest BCUT2D eigenvalue weighted by Gasteiger charge is -2.09. The van der Waals surface area contributed by atoms with E-state index in [1.54, 1.807) is 12.4 Å². The maximum atomic E-state index is 14.1. The summed E-state index contributed by atoms with van der Waals surface area (Å²) in [6.45, 7) is 2.27. The Morgan fingerprint density at radius 2 is 2.14 bits per heavy atom. The Kier molecular flexibility index (Phi) is 5.16. The maximum Gasteiger partial charge on any atom is 0.251 e. The predicted octanol–water partition coefficient (Wildman–Crippen LogP) is 3.63. The third kappa shape index (κ3) is 4.61. The summed E-state index contributed by atoms with van der Waals surface area (Å²) in [5.41, 5.74) is 1.59. The molecule has 2 aromatic heterocycles. The smallest absolute Gasteiger partial charge is 0.251 e. The fourth-order valence-corrected chi connectivity index (χ4v) is 3.28. The van der Waals surface area contributed by atoms with Crippen molar-refractivity contribution in [2.45, 2.75) is 32.4 Å². The van der Waals surface area contributed by atoms with Gasteiger partial charge in [0.1, 0.15) is 5.82 Å². The molecule has 144 valence electrons. The third-order valence-electron chi connectivity index (χ3n) is 4.16. The van der Waals surface area contributed by atoms with Crippen LogP contribution in [0.4, 0.5) is 21.2 Å². The van der Waals surface area contributed by atoms with Gasteiger partial charge in [0.25, 0.3) is 5.91 Å². The Hall–Kier alpha value is -3.07. The van der Waals surface area contributed by atoms with Crippen LogP contribution in [-0.2, 0) is 6.54 Å². The molecule has 7 nitrogen and oxygen atoms in total. The summed E-state index contributed by atoms with van der Waals surface area (Å²) in [4.78, 5) is 25.8. The molecule has 0 atom stereocenters. The van der Waals surface area contributed by atoms with E-state index in [2.05, 4.69) is 30.9 Å². The summed E-state index contributed by atoms with van der Waals surface area (Å²) in [6.07, 6.45) is 5.40. The SMILES string of the molecule is Cc1ccnc(Nc2ncc(CNc3cc(C(=O)NC4CC4)ccc3F)s2)n1. The van der Waals surface area contributed by atoms with Gasteiger partial charge in [-0.05, 0) is 44.0 Å². The number of thiazole rings is 1. The highest BCUT2D eigenvalue weighted by atomic mass is 32.1. The number of amides is 1. The van der Waals surface area contributed by atoms with Crippen molar-refractivity contribution in [2.24, 2.45) is 0 Å². The summed E-state index contributed by atoms with van der Waals surface area (Å²) in [7, 11) is 0. The molecule has 3 aromatic rings. The van der Waals surface area contributed by atoms with Gasteiger partial charge in [0.15, 0.2) is 5.13 Å². The van der Waals surface area contributed by atoms with Gasteiger partial charge in [-0.1, -0.05) is 11.3 Å². The minimum atomic E-state index is -0.404. The zero-order valence-corrected chi connectivity index (χ0v) is 16.0. The summed E-state index contributed by atoms with van der Waals surface area (Å²) < 4.78 is 14.1. The van der Waals surface area contributed by atoms with Crippen LogP contribution < -0.4 is 16.0 Å². The molecule has 28 heavy (non-hydrogen) atoms. The Morgan fingerprint density at radius 1 is 1.29 bits per heavy atom. The molecule has 1 fully saturated rings. The van der Waals surface area contributed by atoms with Crippen molar-refractivity contribution in [2.75, 3.05) is 10.6 Å². The average Bonchev–Trinajstić information content (AvgIpc) is 3.38. The standard InChI is InChI=1S/C19H19FN6OS/c1-11-6-7-21-18(24-11)26-19-23-10-14(28-19)9-22-16-8-12(2-5-15(16)20)17(27)25-13-3-4-13/h2,5-8,10,13,22H,3-4,9H2,1H3,(H,25,27)(H,21,23,24,26). The first-order chi connectivity index (χ1) is 13.6. The number of rotatable bonds is 7. The van der Waals surface area contributed by atoms with Gasteiger partial charge in [-0.15, -0.1) is 0 Å². The number of carbonyl (C=O) groups excluding carboxylic acids is 1. The zero-order chi connectivity index (χ0) is 19.5. The van der Waals surface area contributed by atoms with Gasteiger partial charge in [-0.25, -0.2) is 19.3 Å². The lowest BCUT2D eigenvalue weighted by molar-refractivity contribution is 0.0951. The summed E-state index contributed by atoms with van der Waals surface area (Å²) in [5, 5.41) is 9.65. The molecule has 1 aromatic carbocycles. The second-order valence-corrected chi connectivity index (χ2v) is 7.69. The molecule has 3 N–H and O–H groups in total. The highest BCUT2D eigenvalue weighted by Gasteiger charge is 2.24. The second kappa shape index (κ2) is 7.89. The van der Waals surface area contributed by atoms with E-state index in [-0.39, 0.29) is 17.6 Å². The van der Waals surface area contributed by atoms with Crippen molar-refractivity contribution in [1.82, 2.24) is 20.3 Å². The highest BCUT2D eigenvalue weighted by molar-refractivity contribution is 7.15. The lowest BCUT2D eigenvalue weighted by atomic mass is 10.1. The summed E-state index contributed by atoms with van der Waals surface area (Å²) >= 11 is 1.42. The van der Waals surface area contributed by atoms with Gasteiger partial charge < -0.3 is 16.0 Å². The first-order valence-corrected chi connectivity index (χ1v) is 9.74. The van der Waals surface area contributed by atoms with Gasteiger partial charge in [-0.3, -0.25) is 4.79 Å². The van der Waals surface area contributed by atoms with Gasteiger partial charge in [0.2, 0.25) is 5.95 Å². The molecule has 1 aliphatic carbocycles. The number of hydrogen-bond acceptors (Lipinski definition) is 7. The van der Waals surface area contributed by atoms with E-state index in [1.165, 1.54) is 29.5 Å². The number of anilines is 3.